The molecule has 1 aromatic carbocycles. The average Bonchev–Trinajstić information content (AvgIpc) is 3.35. The number of carbonyl (C=O) groups is 1. The molecule has 1 aliphatic carbocycles. The lowest BCUT2D eigenvalue weighted by molar-refractivity contribution is -0.118. The van der Waals surface area contributed by atoms with Crippen molar-refractivity contribution in [3.8, 4) is 0 Å². The summed E-state index contributed by atoms with van der Waals surface area (Å²) in [6.45, 7) is 4.22. The Morgan fingerprint density at radius 2 is 1.85 bits per heavy atom. The second-order valence-corrected chi connectivity index (χ2v) is 10.7. The van der Waals surface area contributed by atoms with E-state index in [2.05, 4.69) is 41.9 Å². The molecule has 2 saturated heterocycles. The predicted octanol–water partition coefficient (Wildman–Crippen LogP) is 2.82. The van der Waals surface area contributed by atoms with Crippen molar-refractivity contribution in [2.24, 2.45) is 10.9 Å². The summed E-state index contributed by atoms with van der Waals surface area (Å²) in [4.78, 5) is 18.9. The molecule has 1 aromatic rings. The zero-order valence-corrected chi connectivity index (χ0v) is 16.8. The third-order valence-corrected chi connectivity index (χ3v) is 8.61. The minimum absolute atomic E-state index is 0.0413. The lowest BCUT2D eigenvalue weighted by Gasteiger charge is -2.29. The Hall–Kier alpha value is -1.34. The van der Waals surface area contributed by atoms with Crippen LogP contribution in [0.15, 0.2) is 23.2 Å². The molecule has 3 fully saturated rings. The van der Waals surface area contributed by atoms with E-state index in [4.69, 9.17) is 0 Å². The summed E-state index contributed by atoms with van der Waals surface area (Å²) in [5.41, 5.74) is 3.43. The number of aryl methyl sites for hydroxylation is 2. The first-order valence-electron chi connectivity index (χ1n) is 9.33. The van der Waals surface area contributed by atoms with Gasteiger partial charge in [0.15, 0.2) is 15.0 Å². The van der Waals surface area contributed by atoms with Crippen LogP contribution in [0.25, 0.3) is 0 Å². The molecule has 0 unspecified atom stereocenters. The normalized spacial score (nSPS) is 28.5. The Bertz CT molecular complexity index is 853. The van der Waals surface area contributed by atoms with Crippen LogP contribution < -0.4 is 4.90 Å². The van der Waals surface area contributed by atoms with Gasteiger partial charge in [0.25, 0.3) is 5.91 Å². The molecule has 0 aromatic heterocycles. The number of hydrogen-bond donors (Lipinski definition) is 0. The Morgan fingerprint density at radius 3 is 2.42 bits per heavy atom. The monoisotopic (exact) mass is 392 g/mol. The van der Waals surface area contributed by atoms with E-state index in [1.54, 1.807) is 0 Å². The van der Waals surface area contributed by atoms with Crippen LogP contribution in [0.4, 0.5) is 5.69 Å². The number of amidine groups is 1. The van der Waals surface area contributed by atoms with Crippen molar-refractivity contribution in [2.75, 3.05) is 16.4 Å². The second kappa shape index (κ2) is 6.68. The van der Waals surface area contributed by atoms with Crippen molar-refractivity contribution in [1.29, 1.82) is 0 Å². The Kier molecular flexibility index (Phi) is 4.63. The van der Waals surface area contributed by atoms with E-state index in [0.717, 1.165) is 31.4 Å². The maximum absolute atomic E-state index is 12.3. The van der Waals surface area contributed by atoms with E-state index in [-0.39, 0.29) is 34.6 Å². The SMILES string of the molecule is CCc1cccc(CC)c1N1C(=NC(=O)C2CC2)S[C@H]2CS(=O)(=O)C[C@@H]21. The van der Waals surface area contributed by atoms with Gasteiger partial charge >= 0.3 is 0 Å². The van der Waals surface area contributed by atoms with Gasteiger partial charge in [-0.1, -0.05) is 43.8 Å². The standard InChI is InChI=1S/C19H24N2O3S2/c1-3-12-6-5-7-13(4-2)17(12)21-15-10-26(23,24)11-16(15)25-19(21)20-18(22)14-8-9-14/h5-7,14-16H,3-4,8-11H2,1-2H3/t15-,16-/m0/s1. The Balaban J connectivity index is 1.82. The number of thioether (sulfide) groups is 1. The average molecular weight is 393 g/mol. The van der Waals surface area contributed by atoms with Crippen molar-refractivity contribution in [2.45, 2.75) is 50.8 Å². The fourth-order valence-electron chi connectivity index (χ4n) is 3.87. The number of carbonyl (C=O) groups excluding carboxylic acids is 1. The van der Waals surface area contributed by atoms with Crippen molar-refractivity contribution < 1.29 is 13.2 Å². The zero-order valence-electron chi connectivity index (χ0n) is 15.1. The van der Waals surface area contributed by atoms with Crippen LogP contribution in [0, 0.1) is 5.92 Å². The second-order valence-electron chi connectivity index (χ2n) is 7.31. The molecule has 0 spiro atoms. The van der Waals surface area contributed by atoms with Crippen LogP contribution in [0.1, 0.15) is 37.8 Å². The lowest BCUT2D eigenvalue weighted by atomic mass is 10.0. The molecule has 4 rings (SSSR count). The van der Waals surface area contributed by atoms with Gasteiger partial charge in [0.05, 0.1) is 17.5 Å². The summed E-state index contributed by atoms with van der Waals surface area (Å²) in [6, 6.07) is 6.11. The summed E-state index contributed by atoms with van der Waals surface area (Å²) >= 11 is 1.47. The number of benzene rings is 1. The Morgan fingerprint density at radius 1 is 1.19 bits per heavy atom. The highest BCUT2D eigenvalue weighted by atomic mass is 32.2. The number of anilines is 1. The van der Waals surface area contributed by atoms with E-state index in [0.29, 0.717) is 5.17 Å². The van der Waals surface area contributed by atoms with Crippen LogP contribution in [-0.2, 0) is 27.5 Å². The first kappa shape index (κ1) is 18.0. The first-order chi connectivity index (χ1) is 12.4. The molecule has 140 valence electrons. The quantitative estimate of drug-likeness (QED) is 0.788. The molecule has 0 radical (unpaired) electrons. The molecular weight excluding hydrogens is 368 g/mol. The highest BCUT2D eigenvalue weighted by molar-refractivity contribution is 8.16. The van der Waals surface area contributed by atoms with E-state index >= 15 is 0 Å². The van der Waals surface area contributed by atoms with Crippen LogP contribution in [0.3, 0.4) is 0 Å². The largest absolute Gasteiger partial charge is 0.315 e. The zero-order chi connectivity index (χ0) is 18.5. The summed E-state index contributed by atoms with van der Waals surface area (Å²) in [6.07, 6.45) is 3.57. The smallest absolute Gasteiger partial charge is 0.251 e. The van der Waals surface area contributed by atoms with Gasteiger partial charge in [-0.25, -0.2) is 8.42 Å². The fraction of sp³-hybridized carbons (Fsp3) is 0.579. The summed E-state index contributed by atoms with van der Waals surface area (Å²) in [7, 11) is -3.04. The van der Waals surface area contributed by atoms with Gasteiger partial charge in [-0.2, -0.15) is 4.99 Å². The molecule has 26 heavy (non-hydrogen) atoms. The van der Waals surface area contributed by atoms with Crippen LogP contribution in [0.5, 0.6) is 0 Å². The summed E-state index contributed by atoms with van der Waals surface area (Å²) in [5.74, 6) is 0.335. The molecule has 0 N–H and O–H groups in total. The van der Waals surface area contributed by atoms with E-state index < -0.39 is 9.84 Å². The Labute approximate surface area is 159 Å². The first-order valence-corrected chi connectivity index (χ1v) is 12.0. The van der Waals surface area contributed by atoms with E-state index in [9.17, 15) is 13.2 Å². The molecular formula is C19H24N2O3S2. The molecule has 5 nitrogen and oxygen atoms in total. The van der Waals surface area contributed by atoms with Gasteiger partial charge in [0.2, 0.25) is 0 Å². The summed E-state index contributed by atoms with van der Waals surface area (Å²) in [5, 5.41) is 0.655. The van der Waals surface area contributed by atoms with Gasteiger partial charge in [0, 0.05) is 16.9 Å². The van der Waals surface area contributed by atoms with Crippen molar-refractivity contribution in [3.63, 3.8) is 0 Å². The van der Waals surface area contributed by atoms with Gasteiger partial charge in [0.1, 0.15) is 0 Å². The van der Waals surface area contributed by atoms with Gasteiger partial charge in [-0.15, -0.1) is 0 Å². The number of nitrogens with zero attached hydrogens (tertiary/aromatic N) is 2. The van der Waals surface area contributed by atoms with Crippen LogP contribution >= 0.6 is 11.8 Å². The number of para-hydroxylation sites is 1. The van der Waals surface area contributed by atoms with Gasteiger partial charge in [-0.3, -0.25) is 4.79 Å². The van der Waals surface area contributed by atoms with Crippen LogP contribution in [-0.4, -0.2) is 42.3 Å². The van der Waals surface area contributed by atoms with E-state index in [1.807, 2.05) is 0 Å². The molecule has 0 bridgehead atoms. The number of aliphatic imine (C=N–C) groups is 1. The lowest BCUT2D eigenvalue weighted by Crippen LogP contribution is -2.39. The number of fused-ring (bicyclic) bond motifs is 1. The van der Waals surface area contributed by atoms with Crippen molar-refractivity contribution in [1.82, 2.24) is 0 Å². The maximum atomic E-state index is 12.3. The molecule has 1 amide bonds. The number of hydrogen-bond acceptors (Lipinski definition) is 4. The minimum atomic E-state index is -3.04. The number of amides is 1. The molecule has 2 heterocycles. The predicted molar refractivity (Wildman–Crippen MR) is 107 cm³/mol. The minimum Gasteiger partial charge on any atom is -0.315 e. The number of sulfone groups is 1. The number of rotatable bonds is 4. The van der Waals surface area contributed by atoms with Gasteiger partial charge < -0.3 is 4.90 Å². The molecule has 2 aliphatic heterocycles. The highest BCUT2D eigenvalue weighted by Gasteiger charge is 2.50. The fourth-order valence-corrected chi connectivity index (χ4v) is 7.77. The van der Waals surface area contributed by atoms with Crippen LogP contribution in [0.2, 0.25) is 0 Å². The van der Waals surface area contributed by atoms with E-state index in [1.165, 1.54) is 22.9 Å². The molecule has 2 atom stereocenters. The third-order valence-electron chi connectivity index (χ3n) is 5.40. The van der Waals surface area contributed by atoms with Crippen molar-refractivity contribution in [3.05, 3.63) is 29.3 Å². The topological polar surface area (TPSA) is 66.8 Å². The molecule has 7 heteroatoms. The molecule has 3 aliphatic rings. The van der Waals surface area contributed by atoms with Crippen molar-refractivity contribution >= 4 is 38.4 Å². The van der Waals surface area contributed by atoms with Gasteiger partial charge in [-0.05, 0) is 36.8 Å². The highest BCUT2D eigenvalue weighted by Crippen LogP contribution is 2.44. The maximum Gasteiger partial charge on any atom is 0.251 e. The molecule has 1 saturated carbocycles. The summed E-state index contributed by atoms with van der Waals surface area (Å²) < 4.78 is 24.5. The third kappa shape index (κ3) is 3.20.